The SMILES string of the molecule is CNC(=O)/C=C/c1ccc(-c2ccc(OC3C[C@H]4CC[C@@H](C3)C4)nn2)c(O)c1. The molecule has 3 atom stereocenters. The molecule has 2 N–H and O–H groups in total. The van der Waals surface area contributed by atoms with E-state index in [2.05, 4.69) is 15.5 Å². The van der Waals surface area contributed by atoms with Crippen LogP contribution in [0.2, 0.25) is 0 Å². The van der Waals surface area contributed by atoms with Gasteiger partial charge in [-0.3, -0.25) is 4.79 Å². The minimum atomic E-state index is -0.198. The molecule has 1 aromatic carbocycles. The zero-order chi connectivity index (χ0) is 19.5. The van der Waals surface area contributed by atoms with Gasteiger partial charge in [0.25, 0.3) is 0 Å². The Kier molecular flexibility index (Phi) is 5.28. The number of hydrogen-bond acceptors (Lipinski definition) is 5. The molecule has 146 valence electrons. The van der Waals surface area contributed by atoms with Crippen molar-refractivity contribution in [3.63, 3.8) is 0 Å². The third-order valence-corrected chi connectivity index (χ3v) is 5.74. The molecule has 0 spiro atoms. The third-order valence-electron chi connectivity index (χ3n) is 5.74. The predicted octanol–water partition coefficient (Wildman–Crippen LogP) is 3.57. The summed E-state index contributed by atoms with van der Waals surface area (Å²) in [6.07, 6.45) is 9.56. The molecule has 2 aliphatic carbocycles. The molecule has 1 aromatic heterocycles. The number of aromatic nitrogens is 2. The third kappa shape index (κ3) is 4.16. The second-order valence-electron chi connectivity index (χ2n) is 7.74. The maximum absolute atomic E-state index is 11.3. The molecule has 1 amide bonds. The second-order valence-corrected chi connectivity index (χ2v) is 7.74. The van der Waals surface area contributed by atoms with Gasteiger partial charge in [0.15, 0.2) is 0 Å². The van der Waals surface area contributed by atoms with E-state index in [-0.39, 0.29) is 17.8 Å². The van der Waals surface area contributed by atoms with Crippen molar-refractivity contribution in [1.82, 2.24) is 15.5 Å². The topological polar surface area (TPSA) is 84.3 Å². The molecule has 2 bridgehead atoms. The lowest BCUT2D eigenvalue weighted by molar-refractivity contribution is -0.115. The predicted molar refractivity (Wildman–Crippen MR) is 107 cm³/mol. The Labute approximate surface area is 164 Å². The van der Waals surface area contributed by atoms with Gasteiger partial charge in [0.05, 0.1) is 5.69 Å². The van der Waals surface area contributed by atoms with Crippen molar-refractivity contribution in [3.8, 4) is 22.9 Å². The Morgan fingerprint density at radius 2 is 1.93 bits per heavy atom. The van der Waals surface area contributed by atoms with Crippen LogP contribution in [-0.2, 0) is 4.79 Å². The van der Waals surface area contributed by atoms with Gasteiger partial charge in [-0.25, -0.2) is 0 Å². The van der Waals surface area contributed by atoms with Gasteiger partial charge in [0, 0.05) is 24.8 Å². The summed E-state index contributed by atoms with van der Waals surface area (Å²) in [6.45, 7) is 0. The lowest BCUT2D eigenvalue weighted by Crippen LogP contribution is -2.26. The average molecular weight is 379 g/mol. The molecule has 0 radical (unpaired) electrons. The molecule has 2 aromatic rings. The van der Waals surface area contributed by atoms with Crippen LogP contribution in [0.25, 0.3) is 17.3 Å². The van der Waals surface area contributed by atoms with Crippen LogP contribution in [0.15, 0.2) is 36.4 Å². The summed E-state index contributed by atoms with van der Waals surface area (Å²) in [5.74, 6) is 2.05. The number of benzene rings is 1. The molecule has 2 saturated carbocycles. The molecular weight excluding hydrogens is 354 g/mol. The van der Waals surface area contributed by atoms with Crippen molar-refractivity contribution in [2.45, 2.75) is 38.2 Å². The number of rotatable bonds is 5. The summed E-state index contributed by atoms with van der Waals surface area (Å²) in [4.78, 5) is 11.3. The molecule has 0 aliphatic heterocycles. The molecule has 2 aliphatic rings. The number of carbonyl (C=O) groups excluding carboxylic acids is 1. The van der Waals surface area contributed by atoms with Gasteiger partial charge in [-0.1, -0.05) is 18.9 Å². The summed E-state index contributed by atoms with van der Waals surface area (Å²) in [5.41, 5.74) is 1.90. The molecule has 0 saturated heterocycles. The number of ether oxygens (including phenoxy) is 1. The van der Waals surface area contributed by atoms with Crippen LogP contribution in [-0.4, -0.2) is 34.4 Å². The highest BCUT2D eigenvalue weighted by Crippen LogP contribution is 2.43. The van der Waals surface area contributed by atoms with Crippen molar-refractivity contribution < 1.29 is 14.6 Å². The zero-order valence-electron chi connectivity index (χ0n) is 16.0. The fourth-order valence-corrected chi connectivity index (χ4v) is 4.36. The van der Waals surface area contributed by atoms with Crippen molar-refractivity contribution in [3.05, 3.63) is 42.0 Å². The second kappa shape index (κ2) is 8.00. The Morgan fingerprint density at radius 3 is 2.57 bits per heavy atom. The van der Waals surface area contributed by atoms with Gasteiger partial charge < -0.3 is 15.2 Å². The number of nitrogens with zero attached hydrogens (tertiary/aromatic N) is 2. The van der Waals surface area contributed by atoms with Crippen LogP contribution in [0.4, 0.5) is 0 Å². The Hall–Kier alpha value is -2.89. The number of nitrogens with one attached hydrogen (secondary N) is 1. The number of phenols is 1. The molecule has 6 nitrogen and oxygen atoms in total. The highest BCUT2D eigenvalue weighted by atomic mass is 16.5. The average Bonchev–Trinajstić information content (AvgIpc) is 3.05. The monoisotopic (exact) mass is 379 g/mol. The van der Waals surface area contributed by atoms with Gasteiger partial charge in [-0.2, -0.15) is 0 Å². The summed E-state index contributed by atoms with van der Waals surface area (Å²) < 4.78 is 6.06. The minimum absolute atomic E-state index is 0.0888. The smallest absolute Gasteiger partial charge is 0.243 e. The fourth-order valence-electron chi connectivity index (χ4n) is 4.36. The van der Waals surface area contributed by atoms with Crippen LogP contribution in [0.3, 0.4) is 0 Å². The molecule has 1 heterocycles. The van der Waals surface area contributed by atoms with E-state index >= 15 is 0 Å². The molecule has 28 heavy (non-hydrogen) atoms. The molecule has 1 unspecified atom stereocenters. The summed E-state index contributed by atoms with van der Waals surface area (Å²) in [7, 11) is 1.57. The number of amides is 1. The number of hydrogen-bond donors (Lipinski definition) is 2. The molecular formula is C22H25N3O3. The van der Waals surface area contributed by atoms with E-state index in [1.54, 1.807) is 25.3 Å². The summed E-state index contributed by atoms with van der Waals surface area (Å²) >= 11 is 0. The highest BCUT2D eigenvalue weighted by Gasteiger charge is 2.35. The van der Waals surface area contributed by atoms with Crippen LogP contribution >= 0.6 is 0 Å². The first-order valence-electron chi connectivity index (χ1n) is 9.84. The number of fused-ring (bicyclic) bond motifs is 2. The number of likely N-dealkylation sites (N-methyl/N-ethyl adjacent to an activating group) is 1. The van der Waals surface area contributed by atoms with Crippen LogP contribution < -0.4 is 10.1 Å². The van der Waals surface area contributed by atoms with E-state index in [1.807, 2.05) is 18.2 Å². The summed E-state index contributed by atoms with van der Waals surface area (Å²) in [5, 5.41) is 21.3. The van der Waals surface area contributed by atoms with Gasteiger partial charge >= 0.3 is 0 Å². The number of phenolic OH excluding ortho intramolecular Hbond substituents is 1. The zero-order valence-corrected chi connectivity index (χ0v) is 16.0. The largest absolute Gasteiger partial charge is 0.507 e. The normalized spacial score (nSPS) is 23.7. The van der Waals surface area contributed by atoms with E-state index in [0.29, 0.717) is 17.1 Å². The van der Waals surface area contributed by atoms with Crippen molar-refractivity contribution in [2.75, 3.05) is 7.05 Å². The highest BCUT2D eigenvalue weighted by molar-refractivity contribution is 5.91. The van der Waals surface area contributed by atoms with Gasteiger partial charge in [0.2, 0.25) is 11.8 Å². The van der Waals surface area contributed by atoms with Crippen LogP contribution in [0.5, 0.6) is 11.6 Å². The first kappa shape index (κ1) is 18.5. The van der Waals surface area contributed by atoms with E-state index < -0.39 is 0 Å². The van der Waals surface area contributed by atoms with Gasteiger partial charge in [-0.05, 0) is 60.9 Å². The van der Waals surface area contributed by atoms with Crippen LogP contribution in [0, 0.1) is 11.8 Å². The van der Waals surface area contributed by atoms with Crippen molar-refractivity contribution in [1.29, 1.82) is 0 Å². The van der Waals surface area contributed by atoms with Crippen molar-refractivity contribution >= 4 is 12.0 Å². The first-order valence-corrected chi connectivity index (χ1v) is 9.84. The maximum atomic E-state index is 11.3. The van der Waals surface area contributed by atoms with Gasteiger partial charge in [0.1, 0.15) is 11.9 Å². The molecule has 4 rings (SSSR count). The fraction of sp³-hybridized carbons (Fsp3) is 0.409. The number of carbonyl (C=O) groups is 1. The van der Waals surface area contributed by atoms with Crippen LogP contribution in [0.1, 0.15) is 37.7 Å². The standard InChI is InChI=1S/C22H25N3O3/c1-23-21(27)8-5-14-4-6-18(20(26)13-14)19-7-9-22(25-24-19)28-17-11-15-2-3-16(10-15)12-17/h4-9,13,15-17,26H,2-3,10-12H2,1H3,(H,23,27)/b8-5+/t15-,16+,17?. The van der Waals surface area contributed by atoms with E-state index in [1.165, 1.54) is 25.3 Å². The number of aromatic hydroxyl groups is 1. The van der Waals surface area contributed by atoms with E-state index in [9.17, 15) is 9.90 Å². The lowest BCUT2D eigenvalue weighted by Gasteiger charge is -2.27. The van der Waals surface area contributed by atoms with Crippen molar-refractivity contribution in [2.24, 2.45) is 11.8 Å². The lowest BCUT2D eigenvalue weighted by atomic mass is 9.87. The van der Waals surface area contributed by atoms with E-state index in [4.69, 9.17) is 4.74 Å². The minimum Gasteiger partial charge on any atom is -0.507 e. The Morgan fingerprint density at radius 1 is 1.14 bits per heavy atom. The Bertz CT molecular complexity index is 867. The molecule has 2 fully saturated rings. The quantitative estimate of drug-likeness (QED) is 0.776. The first-order chi connectivity index (χ1) is 13.6. The van der Waals surface area contributed by atoms with Gasteiger partial charge in [-0.15, -0.1) is 10.2 Å². The Balaban J connectivity index is 1.43. The maximum Gasteiger partial charge on any atom is 0.243 e. The van der Waals surface area contributed by atoms with E-state index in [0.717, 1.165) is 30.2 Å². The molecule has 6 heteroatoms. The summed E-state index contributed by atoms with van der Waals surface area (Å²) in [6, 6.07) is 8.81.